The number of primary amides is 2. The lowest BCUT2D eigenvalue weighted by molar-refractivity contribution is 0.256. The number of hydrogen-bond donors (Lipinski definition) is 3. The van der Waals surface area contributed by atoms with E-state index in [0.717, 1.165) is 5.57 Å². The number of carbonyl (C=O) groups is 1. The van der Waals surface area contributed by atoms with E-state index in [1.807, 2.05) is 0 Å². The van der Waals surface area contributed by atoms with Gasteiger partial charge < -0.3 is 16.6 Å². The minimum atomic E-state index is -0.833. The number of urea groups is 1. The van der Waals surface area contributed by atoms with E-state index in [0.29, 0.717) is 0 Å². The summed E-state index contributed by atoms with van der Waals surface area (Å²) in [7, 11) is 0. The molecule has 0 aliphatic carbocycles. The van der Waals surface area contributed by atoms with Crippen LogP contribution in [0.5, 0.6) is 0 Å². The van der Waals surface area contributed by atoms with E-state index in [1.165, 1.54) is 0 Å². The van der Waals surface area contributed by atoms with Crippen LogP contribution in [0.15, 0.2) is 12.2 Å². The van der Waals surface area contributed by atoms with Gasteiger partial charge in [0.25, 0.3) is 0 Å². The Morgan fingerprint density at radius 1 is 1.67 bits per heavy atom. The number of aliphatic hydroxyl groups is 1. The van der Waals surface area contributed by atoms with Gasteiger partial charge in [0, 0.05) is 0 Å². The molecule has 0 aromatic heterocycles. The molecular weight excluding hydrogens is 120 g/mol. The summed E-state index contributed by atoms with van der Waals surface area (Å²) < 4.78 is 0. The highest BCUT2D eigenvalue weighted by atomic mass is 16.3. The molecule has 0 spiro atoms. The van der Waals surface area contributed by atoms with Gasteiger partial charge in [-0.15, -0.1) is 0 Å². The fourth-order valence-corrected chi connectivity index (χ4v) is 0. The van der Waals surface area contributed by atoms with Gasteiger partial charge in [0.05, 0.1) is 6.61 Å². The SMILES string of the molecule is C=C(C)CO.NC(N)=O. The predicted octanol–water partition coefficient (Wildman–Crippen LogP) is -0.421. The normalized spacial score (nSPS) is 6.89. The fourth-order valence-electron chi connectivity index (χ4n) is 0. The van der Waals surface area contributed by atoms with Gasteiger partial charge in [-0.3, -0.25) is 0 Å². The van der Waals surface area contributed by atoms with Crippen molar-refractivity contribution in [2.75, 3.05) is 6.61 Å². The molecule has 0 fully saturated rings. The third-order valence-corrected chi connectivity index (χ3v) is 0.270. The van der Waals surface area contributed by atoms with Gasteiger partial charge >= 0.3 is 6.03 Å². The highest BCUT2D eigenvalue weighted by molar-refractivity contribution is 5.69. The minimum absolute atomic E-state index is 0.111. The topological polar surface area (TPSA) is 89.3 Å². The van der Waals surface area contributed by atoms with Crippen molar-refractivity contribution in [1.82, 2.24) is 0 Å². The molecule has 0 heterocycles. The van der Waals surface area contributed by atoms with E-state index >= 15 is 0 Å². The molecule has 2 amide bonds. The van der Waals surface area contributed by atoms with Crippen LogP contribution in [0.4, 0.5) is 4.79 Å². The number of carbonyl (C=O) groups excluding carboxylic acids is 1. The zero-order valence-electron chi connectivity index (χ0n) is 5.42. The van der Waals surface area contributed by atoms with Gasteiger partial charge in [-0.1, -0.05) is 12.2 Å². The van der Waals surface area contributed by atoms with Gasteiger partial charge in [-0.25, -0.2) is 4.79 Å². The van der Waals surface area contributed by atoms with Crippen LogP contribution < -0.4 is 11.5 Å². The number of nitrogens with two attached hydrogens (primary N) is 2. The first-order valence-electron chi connectivity index (χ1n) is 2.30. The van der Waals surface area contributed by atoms with Crippen molar-refractivity contribution in [3.8, 4) is 0 Å². The van der Waals surface area contributed by atoms with Crippen molar-refractivity contribution >= 4 is 6.03 Å². The summed E-state index contributed by atoms with van der Waals surface area (Å²) >= 11 is 0. The third kappa shape index (κ3) is 183. The molecule has 0 atom stereocenters. The number of aliphatic hydroxyl groups excluding tert-OH is 1. The van der Waals surface area contributed by atoms with Crippen molar-refractivity contribution in [2.45, 2.75) is 6.92 Å². The maximum Gasteiger partial charge on any atom is 0.309 e. The van der Waals surface area contributed by atoms with E-state index in [2.05, 4.69) is 18.0 Å². The molecule has 5 N–H and O–H groups in total. The van der Waals surface area contributed by atoms with E-state index < -0.39 is 6.03 Å². The molecule has 0 bridgehead atoms. The molecule has 0 aromatic carbocycles. The Morgan fingerprint density at radius 3 is 1.78 bits per heavy atom. The monoisotopic (exact) mass is 132 g/mol. The highest BCUT2D eigenvalue weighted by Crippen LogP contribution is 1.76. The van der Waals surface area contributed by atoms with Gasteiger partial charge in [0.2, 0.25) is 0 Å². The van der Waals surface area contributed by atoms with E-state index in [9.17, 15) is 0 Å². The molecule has 0 rings (SSSR count). The number of hydrogen-bond acceptors (Lipinski definition) is 2. The second-order valence-corrected chi connectivity index (χ2v) is 1.52. The number of rotatable bonds is 1. The first kappa shape index (κ1) is 10.9. The molecule has 0 aromatic rings. The maximum absolute atomic E-state index is 9.00. The molecule has 0 saturated heterocycles. The van der Waals surface area contributed by atoms with Crippen LogP contribution in [-0.4, -0.2) is 17.7 Å². The molecule has 9 heavy (non-hydrogen) atoms. The minimum Gasteiger partial charge on any atom is -0.392 e. The van der Waals surface area contributed by atoms with Crippen molar-refractivity contribution in [3.63, 3.8) is 0 Å². The lowest BCUT2D eigenvalue weighted by atomic mass is 10.4. The summed E-state index contributed by atoms with van der Waals surface area (Å²) in [6.07, 6.45) is 0. The van der Waals surface area contributed by atoms with Crippen molar-refractivity contribution in [2.24, 2.45) is 11.5 Å². The molecule has 0 saturated carbocycles. The summed E-state index contributed by atoms with van der Waals surface area (Å²) in [5.74, 6) is 0. The van der Waals surface area contributed by atoms with Crippen LogP contribution >= 0.6 is 0 Å². The predicted molar refractivity (Wildman–Crippen MR) is 35.7 cm³/mol. The fraction of sp³-hybridized carbons (Fsp3) is 0.400. The molecule has 0 radical (unpaired) electrons. The Morgan fingerprint density at radius 2 is 1.78 bits per heavy atom. The largest absolute Gasteiger partial charge is 0.392 e. The quantitative estimate of drug-likeness (QED) is 0.423. The van der Waals surface area contributed by atoms with Gasteiger partial charge in [-0.2, -0.15) is 0 Å². The average molecular weight is 132 g/mol. The average Bonchev–Trinajstić information content (AvgIpc) is 1.65. The number of amides is 2. The van der Waals surface area contributed by atoms with Crippen LogP contribution in [-0.2, 0) is 0 Å². The van der Waals surface area contributed by atoms with E-state index in [1.54, 1.807) is 6.92 Å². The Balaban J connectivity index is 0. The summed E-state index contributed by atoms with van der Waals surface area (Å²) in [6, 6.07) is -0.833. The smallest absolute Gasteiger partial charge is 0.309 e. The Kier molecular flexibility index (Phi) is 8.41. The van der Waals surface area contributed by atoms with Gasteiger partial charge in [0.1, 0.15) is 0 Å². The van der Waals surface area contributed by atoms with Crippen LogP contribution in [0.25, 0.3) is 0 Å². The van der Waals surface area contributed by atoms with Gasteiger partial charge in [-0.05, 0) is 6.92 Å². The standard InChI is InChI=1S/C4H8O.CH4N2O/c1-4(2)3-5;2-1(3)4/h5H,1,3H2,2H3;(H4,2,3,4). The molecule has 0 aliphatic heterocycles. The van der Waals surface area contributed by atoms with E-state index in [4.69, 9.17) is 9.90 Å². The van der Waals surface area contributed by atoms with Crippen molar-refractivity contribution < 1.29 is 9.90 Å². The maximum atomic E-state index is 9.00. The lowest BCUT2D eigenvalue weighted by Crippen LogP contribution is -2.18. The van der Waals surface area contributed by atoms with Crippen LogP contribution in [0.1, 0.15) is 6.92 Å². The summed E-state index contributed by atoms with van der Waals surface area (Å²) in [5.41, 5.74) is 9.31. The zero-order chi connectivity index (χ0) is 7.86. The molecule has 4 nitrogen and oxygen atoms in total. The molecule has 0 unspecified atom stereocenters. The van der Waals surface area contributed by atoms with Crippen molar-refractivity contribution in [1.29, 1.82) is 0 Å². The summed E-state index contributed by atoms with van der Waals surface area (Å²) in [5, 5.41) is 8.04. The highest BCUT2D eigenvalue weighted by Gasteiger charge is 1.69. The molecule has 0 aliphatic rings. The molecule has 4 heteroatoms. The summed E-state index contributed by atoms with van der Waals surface area (Å²) in [4.78, 5) is 9.00. The Hall–Kier alpha value is -1.03. The summed E-state index contributed by atoms with van der Waals surface area (Å²) in [6.45, 7) is 5.31. The zero-order valence-corrected chi connectivity index (χ0v) is 5.42. The lowest BCUT2D eigenvalue weighted by Gasteiger charge is -1.79. The second-order valence-electron chi connectivity index (χ2n) is 1.52. The third-order valence-electron chi connectivity index (χ3n) is 0.270. The Labute approximate surface area is 54.2 Å². The van der Waals surface area contributed by atoms with Gasteiger partial charge in [0.15, 0.2) is 0 Å². The van der Waals surface area contributed by atoms with Crippen molar-refractivity contribution in [3.05, 3.63) is 12.2 Å². The van der Waals surface area contributed by atoms with E-state index in [-0.39, 0.29) is 6.61 Å². The van der Waals surface area contributed by atoms with Crippen LogP contribution in [0.2, 0.25) is 0 Å². The Bertz CT molecular complexity index is 97.1. The molecular formula is C5H12N2O2. The first-order chi connectivity index (χ1) is 4.00. The van der Waals surface area contributed by atoms with Crippen LogP contribution in [0.3, 0.4) is 0 Å². The first-order valence-corrected chi connectivity index (χ1v) is 2.30. The molecule has 54 valence electrons. The second kappa shape index (κ2) is 6.97. The van der Waals surface area contributed by atoms with Crippen LogP contribution in [0, 0.1) is 0 Å².